The zero-order valence-electron chi connectivity index (χ0n) is 10.1. The van der Waals surface area contributed by atoms with E-state index in [1.54, 1.807) is 0 Å². The van der Waals surface area contributed by atoms with Gasteiger partial charge in [0, 0.05) is 17.1 Å². The van der Waals surface area contributed by atoms with Gasteiger partial charge in [-0.2, -0.15) is 0 Å². The number of hydrogen-bond acceptors (Lipinski definition) is 2. The first-order valence-electron chi connectivity index (χ1n) is 6.40. The first kappa shape index (κ1) is 13.1. The molecule has 1 aliphatic rings. The smallest absolute Gasteiger partial charge is 0.0716 e. The van der Waals surface area contributed by atoms with Gasteiger partial charge in [0.2, 0.25) is 0 Å². The number of ether oxygens (including phenoxy) is 1. The van der Waals surface area contributed by atoms with E-state index in [4.69, 9.17) is 4.74 Å². The van der Waals surface area contributed by atoms with Gasteiger partial charge in [-0.1, -0.05) is 28.1 Å². The Balaban J connectivity index is 1.46. The fourth-order valence-corrected chi connectivity index (χ4v) is 1.96. The first-order chi connectivity index (χ1) is 8.34. The highest BCUT2D eigenvalue weighted by atomic mass is 79.9. The molecule has 0 aliphatic heterocycles. The van der Waals surface area contributed by atoms with Crippen LogP contribution in [0.25, 0.3) is 0 Å². The van der Waals surface area contributed by atoms with Crippen molar-refractivity contribution in [3.05, 3.63) is 34.3 Å². The fourth-order valence-electron chi connectivity index (χ4n) is 1.69. The molecule has 0 saturated heterocycles. The molecule has 1 aromatic rings. The van der Waals surface area contributed by atoms with Crippen LogP contribution in [0, 0.1) is 0 Å². The summed E-state index contributed by atoms with van der Waals surface area (Å²) in [5, 5.41) is 3.51. The third-order valence-electron chi connectivity index (χ3n) is 2.91. The summed E-state index contributed by atoms with van der Waals surface area (Å²) in [5.41, 5.74) is 1.24. The molecule has 0 unspecified atom stereocenters. The van der Waals surface area contributed by atoms with Gasteiger partial charge in [0.15, 0.2) is 0 Å². The summed E-state index contributed by atoms with van der Waals surface area (Å²) in [6, 6.07) is 9.13. The van der Waals surface area contributed by atoms with E-state index in [9.17, 15) is 0 Å². The van der Waals surface area contributed by atoms with E-state index in [0.29, 0.717) is 0 Å². The maximum Gasteiger partial charge on any atom is 0.0716 e. The normalized spacial score (nSPS) is 15.1. The molecular weight excluding hydrogens is 278 g/mol. The average Bonchev–Trinajstić information content (AvgIpc) is 3.14. The molecule has 3 heteroatoms. The van der Waals surface area contributed by atoms with Gasteiger partial charge in [-0.3, -0.25) is 0 Å². The van der Waals surface area contributed by atoms with Crippen molar-refractivity contribution < 1.29 is 4.74 Å². The molecule has 0 atom stereocenters. The molecular formula is C14H20BrNO. The van der Waals surface area contributed by atoms with E-state index in [0.717, 1.165) is 36.7 Å². The van der Waals surface area contributed by atoms with Crippen LogP contribution in [-0.4, -0.2) is 19.2 Å². The zero-order chi connectivity index (χ0) is 11.9. The molecule has 94 valence electrons. The maximum atomic E-state index is 5.64. The third kappa shape index (κ3) is 5.66. The van der Waals surface area contributed by atoms with Gasteiger partial charge < -0.3 is 10.1 Å². The van der Waals surface area contributed by atoms with E-state index in [1.807, 2.05) is 0 Å². The molecule has 2 nitrogen and oxygen atoms in total. The molecule has 1 saturated carbocycles. The molecule has 17 heavy (non-hydrogen) atoms. The number of halogens is 1. The van der Waals surface area contributed by atoms with Crippen LogP contribution in [0.4, 0.5) is 0 Å². The molecule has 2 rings (SSSR count). The van der Waals surface area contributed by atoms with Gasteiger partial charge in [-0.25, -0.2) is 0 Å². The summed E-state index contributed by atoms with van der Waals surface area (Å²) in [5.74, 6) is 0. The molecule has 0 bridgehead atoms. The number of hydrogen-bond donors (Lipinski definition) is 1. The molecule has 0 amide bonds. The lowest BCUT2D eigenvalue weighted by molar-refractivity contribution is 0.117. The van der Waals surface area contributed by atoms with Crippen LogP contribution in [0.15, 0.2) is 28.7 Å². The SMILES string of the molecule is Brc1ccc(COCCCCNC2CC2)cc1. The summed E-state index contributed by atoms with van der Waals surface area (Å²) >= 11 is 3.42. The van der Waals surface area contributed by atoms with Crippen LogP contribution in [0.2, 0.25) is 0 Å². The fraction of sp³-hybridized carbons (Fsp3) is 0.571. The molecule has 0 heterocycles. The van der Waals surface area contributed by atoms with Crippen LogP contribution < -0.4 is 5.32 Å². The van der Waals surface area contributed by atoms with Crippen LogP contribution in [-0.2, 0) is 11.3 Å². The lowest BCUT2D eigenvalue weighted by atomic mass is 10.2. The van der Waals surface area contributed by atoms with Crippen LogP contribution in [0.3, 0.4) is 0 Å². The predicted octanol–water partition coefficient (Wildman–Crippen LogP) is 3.50. The summed E-state index contributed by atoms with van der Waals surface area (Å²) in [6.07, 6.45) is 5.12. The van der Waals surface area contributed by atoms with Crippen molar-refractivity contribution in [1.82, 2.24) is 5.32 Å². The molecule has 0 radical (unpaired) electrons. The highest BCUT2D eigenvalue weighted by molar-refractivity contribution is 9.10. The van der Waals surface area contributed by atoms with Crippen molar-refractivity contribution >= 4 is 15.9 Å². The van der Waals surface area contributed by atoms with Gasteiger partial charge in [0.25, 0.3) is 0 Å². The second kappa shape index (κ2) is 7.14. The summed E-state index contributed by atoms with van der Waals surface area (Å²) < 4.78 is 6.76. The Kier molecular flexibility index (Phi) is 5.49. The largest absolute Gasteiger partial charge is 0.377 e. The second-order valence-corrected chi connectivity index (χ2v) is 5.53. The number of rotatable bonds is 8. The molecule has 0 aromatic heterocycles. The summed E-state index contributed by atoms with van der Waals surface area (Å²) in [4.78, 5) is 0. The van der Waals surface area contributed by atoms with Crippen LogP contribution >= 0.6 is 15.9 Å². The first-order valence-corrected chi connectivity index (χ1v) is 7.19. The Labute approximate surface area is 112 Å². The highest BCUT2D eigenvalue weighted by Crippen LogP contribution is 2.18. The predicted molar refractivity (Wildman–Crippen MR) is 74.1 cm³/mol. The summed E-state index contributed by atoms with van der Waals surface area (Å²) in [6.45, 7) is 2.73. The van der Waals surface area contributed by atoms with E-state index >= 15 is 0 Å². The van der Waals surface area contributed by atoms with Gasteiger partial charge in [-0.15, -0.1) is 0 Å². The Morgan fingerprint density at radius 2 is 1.94 bits per heavy atom. The number of unbranched alkanes of at least 4 members (excludes halogenated alkanes) is 1. The lowest BCUT2D eigenvalue weighted by Gasteiger charge is -2.05. The van der Waals surface area contributed by atoms with Crippen molar-refractivity contribution in [2.75, 3.05) is 13.2 Å². The topological polar surface area (TPSA) is 21.3 Å². The second-order valence-electron chi connectivity index (χ2n) is 4.61. The minimum absolute atomic E-state index is 0.726. The zero-order valence-corrected chi connectivity index (χ0v) is 11.7. The molecule has 1 aliphatic carbocycles. The average molecular weight is 298 g/mol. The molecule has 0 spiro atoms. The van der Waals surface area contributed by atoms with E-state index in [-0.39, 0.29) is 0 Å². The quantitative estimate of drug-likeness (QED) is 0.742. The lowest BCUT2D eigenvalue weighted by Crippen LogP contribution is -2.17. The van der Waals surface area contributed by atoms with Crippen LogP contribution in [0.5, 0.6) is 0 Å². The Morgan fingerprint density at radius 3 is 2.65 bits per heavy atom. The highest BCUT2D eigenvalue weighted by Gasteiger charge is 2.19. The number of nitrogens with one attached hydrogen (secondary N) is 1. The van der Waals surface area contributed by atoms with E-state index < -0.39 is 0 Å². The standard InChI is InChI=1S/C14H20BrNO/c15-13-5-3-12(4-6-13)11-17-10-2-1-9-16-14-7-8-14/h3-6,14,16H,1-2,7-11H2. The molecule has 1 aromatic carbocycles. The van der Waals surface area contributed by atoms with Crippen molar-refractivity contribution in [1.29, 1.82) is 0 Å². The Hall–Kier alpha value is -0.380. The maximum absolute atomic E-state index is 5.64. The Morgan fingerprint density at radius 1 is 1.18 bits per heavy atom. The monoisotopic (exact) mass is 297 g/mol. The Bertz CT molecular complexity index is 321. The summed E-state index contributed by atoms with van der Waals surface area (Å²) in [7, 11) is 0. The van der Waals surface area contributed by atoms with Gasteiger partial charge >= 0.3 is 0 Å². The van der Waals surface area contributed by atoms with Crippen LogP contribution in [0.1, 0.15) is 31.2 Å². The number of benzene rings is 1. The molecule has 1 N–H and O–H groups in total. The van der Waals surface area contributed by atoms with Gasteiger partial charge in [0.1, 0.15) is 0 Å². The minimum atomic E-state index is 0.726. The van der Waals surface area contributed by atoms with Crippen molar-refractivity contribution in [3.63, 3.8) is 0 Å². The van der Waals surface area contributed by atoms with Crippen molar-refractivity contribution in [2.24, 2.45) is 0 Å². The molecule has 1 fully saturated rings. The van der Waals surface area contributed by atoms with Gasteiger partial charge in [-0.05, 0) is 49.9 Å². The third-order valence-corrected chi connectivity index (χ3v) is 3.44. The van der Waals surface area contributed by atoms with E-state index in [2.05, 4.69) is 45.5 Å². The van der Waals surface area contributed by atoms with Gasteiger partial charge in [0.05, 0.1) is 6.61 Å². The van der Waals surface area contributed by atoms with Crippen molar-refractivity contribution in [3.8, 4) is 0 Å². The van der Waals surface area contributed by atoms with Crippen molar-refractivity contribution in [2.45, 2.75) is 38.3 Å². The van der Waals surface area contributed by atoms with E-state index in [1.165, 1.54) is 24.8 Å². The minimum Gasteiger partial charge on any atom is -0.377 e.